The molecule has 0 radical (unpaired) electrons. The highest BCUT2D eigenvalue weighted by molar-refractivity contribution is 7.15. The fraction of sp³-hybridized carbons (Fsp3) is 0.179. The zero-order valence-corrected chi connectivity index (χ0v) is 22.3. The third kappa shape index (κ3) is 6.61. The Morgan fingerprint density at radius 1 is 1.05 bits per heavy atom. The molecule has 3 aromatic rings. The van der Waals surface area contributed by atoms with Crippen LogP contribution >= 0.6 is 22.9 Å². The molecule has 4 rings (SSSR count). The molecule has 3 N–H and O–H groups in total. The first-order chi connectivity index (χ1) is 18.8. The number of rotatable bonds is 8. The maximum atomic E-state index is 12.9. The number of nitrogens with zero attached hydrogens (tertiary/aromatic N) is 1. The van der Waals surface area contributed by atoms with Crippen molar-refractivity contribution in [2.24, 2.45) is 0 Å². The van der Waals surface area contributed by atoms with Crippen LogP contribution in [0.1, 0.15) is 43.0 Å². The minimum absolute atomic E-state index is 0.0311. The summed E-state index contributed by atoms with van der Waals surface area (Å²) in [5, 5.41) is 24.2. The summed E-state index contributed by atoms with van der Waals surface area (Å²) in [5.41, 5.74) is -0.0910. The standard InChI is InChI=1S/C28H22ClF3N2O5S/c1-15(35)23-10-11-24(40-23)18-13-21(33-25(36)17-4-6-19(7-5-17)28(30,31)32)26(37)34(14-18)22(27(38)39)12-16-2-8-20(29)9-3-16/h2-11,13-14,22,26,37H,12H2,1H3,(H,33,36)(H,38,39). The van der Waals surface area contributed by atoms with Crippen LogP contribution in [0.4, 0.5) is 13.2 Å². The smallest absolute Gasteiger partial charge is 0.416 e. The van der Waals surface area contributed by atoms with Gasteiger partial charge in [-0.25, -0.2) is 4.79 Å². The Labute approximate surface area is 235 Å². The molecule has 2 heterocycles. The Kier molecular flexibility index (Phi) is 8.48. The highest BCUT2D eigenvalue weighted by atomic mass is 35.5. The number of hydrogen-bond acceptors (Lipinski definition) is 6. The number of carboxylic acid groups (broad SMARTS) is 1. The van der Waals surface area contributed by atoms with Crippen LogP contribution in [0.25, 0.3) is 5.57 Å². The topological polar surface area (TPSA) is 107 Å². The zero-order chi connectivity index (χ0) is 29.2. The second kappa shape index (κ2) is 11.7. The van der Waals surface area contributed by atoms with Crippen LogP contribution in [0.15, 0.2) is 78.6 Å². The van der Waals surface area contributed by atoms with Crippen molar-refractivity contribution in [1.82, 2.24) is 10.2 Å². The molecule has 1 aromatic heterocycles. The van der Waals surface area contributed by atoms with Gasteiger partial charge in [0, 0.05) is 33.7 Å². The molecule has 2 aromatic carbocycles. The van der Waals surface area contributed by atoms with Crippen LogP contribution < -0.4 is 5.32 Å². The summed E-state index contributed by atoms with van der Waals surface area (Å²) in [6.45, 7) is 1.40. The Bertz CT molecular complexity index is 1500. The van der Waals surface area contributed by atoms with Gasteiger partial charge in [-0.3, -0.25) is 9.59 Å². The molecule has 208 valence electrons. The number of benzene rings is 2. The molecular weight excluding hydrogens is 569 g/mol. The summed E-state index contributed by atoms with van der Waals surface area (Å²) < 4.78 is 38.8. The first-order valence-corrected chi connectivity index (χ1v) is 13.0. The molecule has 0 aliphatic carbocycles. The van der Waals surface area contributed by atoms with Crippen molar-refractivity contribution in [3.8, 4) is 0 Å². The summed E-state index contributed by atoms with van der Waals surface area (Å²) in [6.07, 6.45) is -3.37. The molecule has 0 fully saturated rings. The number of aliphatic hydroxyl groups is 1. The molecule has 0 saturated carbocycles. The third-order valence-corrected chi connectivity index (χ3v) is 7.60. The van der Waals surface area contributed by atoms with Gasteiger partial charge in [-0.1, -0.05) is 23.7 Å². The fourth-order valence-electron chi connectivity index (χ4n) is 4.03. The van der Waals surface area contributed by atoms with E-state index in [1.165, 1.54) is 24.1 Å². The molecule has 1 amide bonds. The minimum atomic E-state index is -4.58. The number of alkyl halides is 3. The van der Waals surface area contributed by atoms with Gasteiger partial charge in [0.1, 0.15) is 6.04 Å². The van der Waals surface area contributed by atoms with Gasteiger partial charge < -0.3 is 20.4 Å². The van der Waals surface area contributed by atoms with Crippen molar-refractivity contribution < 1.29 is 37.8 Å². The van der Waals surface area contributed by atoms with Gasteiger partial charge in [0.05, 0.1) is 16.1 Å². The van der Waals surface area contributed by atoms with Crippen LogP contribution in [0, 0.1) is 0 Å². The molecule has 7 nitrogen and oxygen atoms in total. The van der Waals surface area contributed by atoms with Crippen molar-refractivity contribution in [3.05, 3.63) is 110 Å². The van der Waals surface area contributed by atoms with Crippen LogP contribution in [0.3, 0.4) is 0 Å². The number of carboxylic acids is 1. The number of hydrogen-bond donors (Lipinski definition) is 3. The first-order valence-electron chi connectivity index (χ1n) is 11.8. The highest BCUT2D eigenvalue weighted by Gasteiger charge is 2.35. The fourth-order valence-corrected chi connectivity index (χ4v) is 5.04. The average Bonchev–Trinajstić information content (AvgIpc) is 3.40. The number of carbonyl (C=O) groups excluding carboxylic acids is 2. The van der Waals surface area contributed by atoms with Gasteiger partial charge in [-0.05, 0) is 67.1 Å². The summed E-state index contributed by atoms with van der Waals surface area (Å²) in [6, 6.07) is 12.0. The van der Waals surface area contributed by atoms with Gasteiger partial charge in [-0.2, -0.15) is 13.2 Å². The number of aliphatic hydroxyl groups excluding tert-OH is 1. The number of thiophene rings is 1. The van der Waals surface area contributed by atoms with E-state index in [0.29, 0.717) is 25.9 Å². The molecule has 1 aliphatic rings. The Balaban J connectivity index is 1.69. The largest absolute Gasteiger partial charge is 0.480 e. The lowest BCUT2D eigenvalue weighted by Gasteiger charge is -2.36. The van der Waals surface area contributed by atoms with Crippen molar-refractivity contribution >= 4 is 46.2 Å². The van der Waals surface area contributed by atoms with Crippen LogP contribution in [-0.4, -0.2) is 45.0 Å². The van der Waals surface area contributed by atoms with E-state index in [4.69, 9.17) is 11.6 Å². The normalized spacial score (nSPS) is 16.1. The minimum Gasteiger partial charge on any atom is -0.480 e. The molecule has 2 atom stereocenters. The predicted molar refractivity (Wildman–Crippen MR) is 144 cm³/mol. The molecule has 1 aliphatic heterocycles. The maximum Gasteiger partial charge on any atom is 0.416 e. The number of amides is 1. The lowest BCUT2D eigenvalue weighted by molar-refractivity contribution is -0.145. The third-order valence-electron chi connectivity index (χ3n) is 6.12. The van der Waals surface area contributed by atoms with E-state index in [1.54, 1.807) is 36.4 Å². The first kappa shape index (κ1) is 29.1. The highest BCUT2D eigenvalue weighted by Crippen LogP contribution is 2.33. The summed E-state index contributed by atoms with van der Waals surface area (Å²) in [4.78, 5) is 39.3. The number of ketones is 1. The SMILES string of the molecule is CC(=O)c1ccc(C2=CN(C(Cc3ccc(Cl)cc3)C(=O)O)C(O)C(NC(=O)c3ccc(C(F)(F)F)cc3)=C2)s1. The number of nitrogens with one attached hydrogen (secondary N) is 1. The van der Waals surface area contributed by atoms with Crippen molar-refractivity contribution in [2.75, 3.05) is 0 Å². The van der Waals surface area contributed by atoms with E-state index in [2.05, 4.69) is 5.32 Å². The van der Waals surface area contributed by atoms with Crippen molar-refractivity contribution in [1.29, 1.82) is 0 Å². The van der Waals surface area contributed by atoms with Crippen LogP contribution in [-0.2, 0) is 17.4 Å². The molecule has 0 bridgehead atoms. The molecule has 12 heteroatoms. The molecule has 0 spiro atoms. The molecular formula is C28H22ClF3N2O5S. The monoisotopic (exact) mass is 590 g/mol. The maximum absolute atomic E-state index is 12.9. The lowest BCUT2D eigenvalue weighted by Crippen LogP contribution is -2.50. The van der Waals surface area contributed by atoms with Gasteiger partial charge >= 0.3 is 12.1 Å². The molecule has 40 heavy (non-hydrogen) atoms. The second-order valence-electron chi connectivity index (χ2n) is 8.94. The number of halogens is 4. The average molecular weight is 591 g/mol. The zero-order valence-electron chi connectivity index (χ0n) is 20.8. The van der Waals surface area contributed by atoms with Gasteiger partial charge in [0.15, 0.2) is 12.0 Å². The number of carbonyl (C=O) groups is 3. The Morgan fingerprint density at radius 3 is 2.25 bits per heavy atom. The second-order valence-corrected chi connectivity index (χ2v) is 10.5. The Morgan fingerprint density at radius 2 is 1.70 bits per heavy atom. The molecule has 2 unspecified atom stereocenters. The van der Waals surface area contributed by atoms with Crippen molar-refractivity contribution in [3.63, 3.8) is 0 Å². The summed E-state index contributed by atoms with van der Waals surface area (Å²) in [7, 11) is 0. The van der Waals surface area contributed by atoms with Gasteiger partial charge in [0.2, 0.25) is 0 Å². The van der Waals surface area contributed by atoms with E-state index in [1.807, 2.05) is 0 Å². The van der Waals surface area contributed by atoms with E-state index in [-0.39, 0.29) is 23.5 Å². The number of Topliss-reactive ketones (excluding diaryl/α,β-unsaturated/α-hetero) is 1. The van der Waals surface area contributed by atoms with Gasteiger partial charge in [0.25, 0.3) is 5.91 Å². The Hall–Kier alpha value is -3.93. The summed E-state index contributed by atoms with van der Waals surface area (Å²) in [5.74, 6) is -2.23. The van der Waals surface area contributed by atoms with Gasteiger partial charge in [-0.15, -0.1) is 11.3 Å². The summed E-state index contributed by atoms with van der Waals surface area (Å²) >= 11 is 7.09. The molecule has 0 saturated heterocycles. The van der Waals surface area contributed by atoms with Crippen LogP contribution in [0.2, 0.25) is 5.02 Å². The number of aliphatic carboxylic acids is 1. The predicted octanol–water partition coefficient (Wildman–Crippen LogP) is 5.61. The van der Waals surface area contributed by atoms with Crippen LogP contribution in [0.5, 0.6) is 0 Å². The van der Waals surface area contributed by atoms with E-state index in [9.17, 15) is 37.8 Å². The van der Waals surface area contributed by atoms with E-state index in [0.717, 1.165) is 35.6 Å². The lowest BCUT2D eigenvalue weighted by atomic mass is 10.0. The van der Waals surface area contributed by atoms with E-state index < -0.39 is 35.9 Å². The quantitative estimate of drug-likeness (QED) is 0.295. The van der Waals surface area contributed by atoms with E-state index >= 15 is 0 Å². The number of allylic oxidation sites excluding steroid dienone is 2. The van der Waals surface area contributed by atoms with Crippen molar-refractivity contribution in [2.45, 2.75) is 31.8 Å².